The van der Waals surface area contributed by atoms with Gasteiger partial charge in [0.1, 0.15) is 5.01 Å². The van der Waals surface area contributed by atoms with E-state index in [2.05, 4.69) is 43.3 Å². The van der Waals surface area contributed by atoms with Crippen molar-refractivity contribution in [2.45, 2.75) is 33.2 Å². The van der Waals surface area contributed by atoms with Gasteiger partial charge in [-0.1, -0.05) is 41.9 Å². The fourth-order valence-corrected chi connectivity index (χ4v) is 5.52. The first-order chi connectivity index (χ1) is 16.8. The highest BCUT2D eigenvalue weighted by Gasteiger charge is 2.19. The van der Waals surface area contributed by atoms with E-state index in [0.717, 1.165) is 54.2 Å². The first-order valence-electron chi connectivity index (χ1n) is 11.4. The molecule has 176 valence electrons. The van der Waals surface area contributed by atoms with E-state index in [1.54, 1.807) is 11.3 Å². The highest BCUT2D eigenvalue weighted by Crippen LogP contribution is 2.41. The molecule has 0 spiro atoms. The molecule has 5 nitrogen and oxygen atoms in total. The van der Waals surface area contributed by atoms with E-state index in [4.69, 9.17) is 16.6 Å². The number of thiazole rings is 1. The third-order valence-electron chi connectivity index (χ3n) is 6.05. The van der Waals surface area contributed by atoms with Crippen molar-refractivity contribution in [3.8, 4) is 32.8 Å². The van der Waals surface area contributed by atoms with Crippen LogP contribution < -0.4 is 0 Å². The number of rotatable bonds is 6. The Kier molecular flexibility index (Phi) is 6.17. The number of hydrogen-bond donors (Lipinski definition) is 1. The Morgan fingerprint density at radius 1 is 1.06 bits per heavy atom. The van der Waals surface area contributed by atoms with Crippen LogP contribution in [-0.4, -0.2) is 25.8 Å². The summed E-state index contributed by atoms with van der Waals surface area (Å²) in [5, 5.41) is 15.6. The number of carboxylic acid groups (broad SMARTS) is 1. The van der Waals surface area contributed by atoms with Crippen LogP contribution in [0, 0.1) is 6.92 Å². The molecule has 1 N–H and O–H groups in total. The van der Waals surface area contributed by atoms with E-state index in [1.165, 1.54) is 0 Å². The number of nitrogens with zero attached hydrogens (tertiary/aromatic N) is 3. The van der Waals surface area contributed by atoms with Gasteiger partial charge in [-0.15, -0.1) is 11.3 Å². The molecule has 0 saturated heterocycles. The van der Waals surface area contributed by atoms with Crippen LogP contribution in [0.2, 0.25) is 5.02 Å². The van der Waals surface area contributed by atoms with Crippen LogP contribution in [0.25, 0.3) is 43.0 Å². The highest BCUT2D eigenvalue weighted by molar-refractivity contribution is 7.22. The van der Waals surface area contributed by atoms with Gasteiger partial charge in [0.05, 0.1) is 22.8 Å². The molecule has 5 rings (SSSR count). The van der Waals surface area contributed by atoms with Crippen molar-refractivity contribution in [2.24, 2.45) is 0 Å². The Hall–Kier alpha value is -3.48. The predicted molar refractivity (Wildman–Crippen MR) is 143 cm³/mol. The van der Waals surface area contributed by atoms with Crippen molar-refractivity contribution in [1.82, 2.24) is 14.8 Å². The number of aromatic nitrogens is 3. The van der Waals surface area contributed by atoms with Gasteiger partial charge >= 0.3 is 5.97 Å². The quantitative estimate of drug-likeness (QED) is 0.259. The number of benzene rings is 3. The smallest absolute Gasteiger partial charge is 0.307 e. The van der Waals surface area contributed by atoms with E-state index >= 15 is 0 Å². The molecule has 2 aromatic heterocycles. The monoisotopic (exact) mass is 501 g/mol. The van der Waals surface area contributed by atoms with Crippen LogP contribution in [-0.2, 0) is 11.2 Å². The zero-order chi connectivity index (χ0) is 24.7. The molecule has 0 radical (unpaired) electrons. The number of aryl methyl sites for hydroxylation is 1. The van der Waals surface area contributed by atoms with Gasteiger partial charge in [-0.25, -0.2) is 4.98 Å². The Balaban J connectivity index is 1.66. The zero-order valence-electron chi connectivity index (χ0n) is 19.6. The minimum absolute atomic E-state index is 0.0533. The summed E-state index contributed by atoms with van der Waals surface area (Å²) in [4.78, 5) is 16.7. The predicted octanol–water partition coefficient (Wildman–Crippen LogP) is 7.66. The molecule has 0 aliphatic carbocycles. The van der Waals surface area contributed by atoms with Gasteiger partial charge in [-0.3, -0.25) is 9.48 Å². The van der Waals surface area contributed by atoms with Crippen molar-refractivity contribution in [2.75, 3.05) is 0 Å². The van der Waals surface area contributed by atoms with Crippen molar-refractivity contribution < 1.29 is 9.90 Å². The highest BCUT2D eigenvalue weighted by atomic mass is 35.5. The number of aliphatic carboxylic acids is 1. The van der Waals surface area contributed by atoms with Gasteiger partial charge in [-0.2, -0.15) is 5.10 Å². The van der Waals surface area contributed by atoms with Crippen LogP contribution >= 0.6 is 22.9 Å². The van der Waals surface area contributed by atoms with Gasteiger partial charge < -0.3 is 5.11 Å². The lowest BCUT2D eigenvalue weighted by Crippen LogP contribution is -2.04. The Morgan fingerprint density at radius 2 is 1.80 bits per heavy atom. The summed E-state index contributed by atoms with van der Waals surface area (Å²) in [6, 6.07) is 18.1. The number of carboxylic acids is 1. The van der Waals surface area contributed by atoms with E-state index in [9.17, 15) is 9.90 Å². The maximum Gasteiger partial charge on any atom is 0.307 e. The van der Waals surface area contributed by atoms with E-state index in [-0.39, 0.29) is 6.42 Å². The van der Waals surface area contributed by atoms with Crippen molar-refractivity contribution in [3.05, 3.63) is 83.1 Å². The first kappa shape index (κ1) is 23.3. The summed E-state index contributed by atoms with van der Waals surface area (Å²) in [5.74, 6) is -0.859. The normalized spacial score (nSPS) is 11.5. The van der Waals surface area contributed by atoms with Crippen molar-refractivity contribution in [3.63, 3.8) is 0 Å². The second kappa shape index (κ2) is 9.29. The molecule has 0 atom stereocenters. The summed E-state index contributed by atoms with van der Waals surface area (Å²) >= 11 is 7.71. The molecule has 0 saturated carbocycles. The lowest BCUT2D eigenvalue weighted by atomic mass is 9.93. The molecule has 0 aliphatic heterocycles. The number of halogens is 1. The second-order valence-corrected chi connectivity index (χ2v) is 10.3. The maximum atomic E-state index is 11.7. The molecule has 7 heteroatoms. The van der Waals surface area contributed by atoms with E-state index in [1.807, 2.05) is 54.2 Å². The Morgan fingerprint density at radius 3 is 2.49 bits per heavy atom. The zero-order valence-corrected chi connectivity index (χ0v) is 21.2. The molecule has 0 amide bonds. The number of carbonyl (C=O) groups is 1. The molecule has 3 aromatic carbocycles. The van der Waals surface area contributed by atoms with Gasteiger partial charge in [0.25, 0.3) is 0 Å². The minimum atomic E-state index is -0.859. The van der Waals surface area contributed by atoms with Crippen LogP contribution in [0.5, 0.6) is 0 Å². The molecule has 0 unspecified atom stereocenters. The molecule has 0 fully saturated rings. The summed E-state index contributed by atoms with van der Waals surface area (Å²) in [6.07, 6.45) is 3.89. The summed E-state index contributed by atoms with van der Waals surface area (Å²) in [6.45, 7) is 6.16. The fraction of sp³-hybridized carbons (Fsp3) is 0.179. The van der Waals surface area contributed by atoms with Gasteiger partial charge in [0, 0.05) is 34.0 Å². The third-order valence-corrected chi connectivity index (χ3v) is 7.44. The number of fused-ring (bicyclic) bond motifs is 1. The fourth-order valence-electron chi connectivity index (χ4n) is 4.26. The molecule has 35 heavy (non-hydrogen) atoms. The standard InChI is InChI=1S/C28H24ClN3O2S/c1-16(2)32-15-21(14-30-32)19-5-4-6-20(12-19)28-31-24-11-17(3)23(13-25(33)34)26(27(24)35-28)18-7-9-22(29)10-8-18/h4-12,14-16H,13H2,1-3H3,(H,33,34). The lowest BCUT2D eigenvalue weighted by Gasteiger charge is -2.13. The Labute approximate surface area is 212 Å². The van der Waals surface area contributed by atoms with E-state index in [0.29, 0.717) is 11.1 Å². The SMILES string of the molecule is Cc1cc2nc(-c3cccc(-c4cnn(C(C)C)c4)c3)sc2c(-c2ccc(Cl)cc2)c1CC(=O)O. The van der Waals surface area contributed by atoms with Crippen LogP contribution in [0.1, 0.15) is 31.0 Å². The first-order valence-corrected chi connectivity index (χ1v) is 12.6. The molecule has 2 heterocycles. The van der Waals surface area contributed by atoms with Gasteiger partial charge in [-0.05, 0) is 67.3 Å². The maximum absolute atomic E-state index is 11.7. The topological polar surface area (TPSA) is 68.0 Å². The van der Waals surface area contributed by atoms with Crippen molar-refractivity contribution >= 4 is 39.1 Å². The summed E-state index contributed by atoms with van der Waals surface area (Å²) in [5.41, 5.74) is 7.58. The third kappa shape index (κ3) is 4.59. The van der Waals surface area contributed by atoms with E-state index < -0.39 is 5.97 Å². The van der Waals surface area contributed by atoms with Gasteiger partial charge in [0.15, 0.2) is 0 Å². The average Bonchev–Trinajstić information content (AvgIpc) is 3.48. The summed E-state index contributed by atoms with van der Waals surface area (Å²) < 4.78 is 2.92. The molecule has 0 bridgehead atoms. The number of hydrogen-bond acceptors (Lipinski definition) is 4. The minimum Gasteiger partial charge on any atom is -0.481 e. The second-order valence-electron chi connectivity index (χ2n) is 8.88. The van der Waals surface area contributed by atoms with Crippen LogP contribution in [0.4, 0.5) is 0 Å². The van der Waals surface area contributed by atoms with Gasteiger partial charge in [0.2, 0.25) is 0 Å². The molecular weight excluding hydrogens is 478 g/mol. The Bertz CT molecular complexity index is 1550. The summed E-state index contributed by atoms with van der Waals surface area (Å²) in [7, 11) is 0. The molecular formula is C28H24ClN3O2S. The van der Waals surface area contributed by atoms with Crippen molar-refractivity contribution in [1.29, 1.82) is 0 Å². The van der Waals surface area contributed by atoms with Crippen LogP contribution in [0.15, 0.2) is 67.0 Å². The van der Waals surface area contributed by atoms with Crippen LogP contribution in [0.3, 0.4) is 0 Å². The lowest BCUT2D eigenvalue weighted by molar-refractivity contribution is -0.136. The molecule has 0 aliphatic rings. The molecule has 5 aromatic rings. The largest absolute Gasteiger partial charge is 0.481 e. The average molecular weight is 502 g/mol.